The molecule has 2 heterocycles. The quantitative estimate of drug-likeness (QED) is 0.860. The number of nitrogens with zero attached hydrogens (tertiary/aromatic N) is 2. The summed E-state index contributed by atoms with van der Waals surface area (Å²) >= 11 is 0. The van der Waals surface area contributed by atoms with Gasteiger partial charge in [-0.15, -0.1) is 0 Å². The third kappa shape index (κ3) is 2.96. The minimum atomic E-state index is 0.358. The van der Waals surface area contributed by atoms with Crippen LogP contribution in [0.2, 0.25) is 0 Å². The first-order valence-electron chi connectivity index (χ1n) is 6.18. The molecule has 1 aliphatic rings. The fourth-order valence-corrected chi connectivity index (χ4v) is 2.44. The fourth-order valence-electron chi connectivity index (χ4n) is 2.44. The van der Waals surface area contributed by atoms with E-state index in [1.54, 1.807) is 13.3 Å². The molecule has 2 N–H and O–H groups in total. The normalized spacial score (nSPS) is 25.8. The highest BCUT2D eigenvalue weighted by atomic mass is 16.5. The Hall–Kier alpha value is -1.13. The number of hydrogen-bond donors (Lipinski definition) is 1. The average molecular weight is 235 g/mol. The van der Waals surface area contributed by atoms with E-state index in [1.165, 1.54) is 0 Å². The zero-order chi connectivity index (χ0) is 12.3. The Bertz CT molecular complexity index is 369. The minimum absolute atomic E-state index is 0.358. The lowest BCUT2D eigenvalue weighted by atomic mass is 9.98. The van der Waals surface area contributed by atoms with E-state index in [4.69, 9.17) is 10.5 Å². The largest absolute Gasteiger partial charge is 0.481 e. The molecule has 0 spiro atoms. The van der Waals surface area contributed by atoms with Crippen LogP contribution in [0.3, 0.4) is 0 Å². The molecule has 2 atom stereocenters. The summed E-state index contributed by atoms with van der Waals surface area (Å²) in [6, 6.07) is 4.92. The van der Waals surface area contributed by atoms with Gasteiger partial charge in [0.2, 0.25) is 5.88 Å². The van der Waals surface area contributed by atoms with Gasteiger partial charge in [-0.1, -0.05) is 6.07 Å². The van der Waals surface area contributed by atoms with Crippen molar-refractivity contribution in [3.63, 3.8) is 0 Å². The van der Waals surface area contributed by atoms with E-state index in [-0.39, 0.29) is 0 Å². The molecule has 0 saturated carbocycles. The van der Waals surface area contributed by atoms with Crippen LogP contribution in [0.25, 0.3) is 0 Å². The first kappa shape index (κ1) is 12.3. The van der Waals surface area contributed by atoms with Crippen molar-refractivity contribution in [3.05, 3.63) is 23.9 Å². The molecule has 1 saturated heterocycles. The van der Waals surface area contributed by atoms with E-state index in [2.05, 4.69) is 22.9 Å². The molecule has 0 aliphatic carbocycles. The van der Waals surface area contributed by atoms with Crippen LogP contribution in [-0.4, -0.2) is 35.6 Å². The zero-order valence-corrected chi connectivity index (χ0v) is 10.6. The van der Waals surface area contributed by atoms with E-state index in [0.717, 1.165) is 37.4 Å². The van der Waals surface area contributed by atoms with E-state index >= 15 is 0 Å². The van der Waals surface area contributed by atoms with Crippen LogP contribution in [0.1, 0.15) is 25.3 Å². The molecule has 0 amide bonds. The van der Waals surface area contributed by atoms with Gasteiger partial charge >= 0.3 is 0 Å². The number of ether oxygens (including phenoxy) is 1. The summed E-state index contributed by atoms with van der Waals surface area (Å²) < 4.78 is 5.28. The first-order chi connectivity index (χ1) is 8.20. The predicted molar refractivity (Wildman–Crippen MR) is 67.9 cm³/mol. The maximum atomic E-state index is 5.97. The van der Waals surface area contributed by atoms with Crippen molar-refractivity contribution in [2.24, 2.45) is 5.73 Å². The van der Waals surface area contributed by atoms with Crippen molar-refractivity contribution in [1.29, 1.82) is 0 Å². The van der Waals surface area contributed by atoms with Crippen LogP contribution in [0.5, 0.6) is 5.88 Å². The van der Waals surface area contributed by atoms with Gasteiger partial charge in [-0.3, -0.25) is 4.90 Å². The standard InChI is InChI=1S/C13H21N3O/c1-10-8-12(14)5-7-16(10)9-11-4-3-6-15-13(11)17-2/h3-4,6,10,12H,5,7-9,14H2,1-2H3. The first-order valence-corrected chi connectivity index (χ1v) is 6.18. The number of pyridine rings is 1. The summed E-state index contributed by atoms with van der Waals surface area (Å²) in [4.78, 5) is 6.68. The van der Waals surface area contributed by atoms with Crippen LogP contribution in [-0.2, 0) is 6.54 Å². The van der Waals surface area contributed by atoms with Gasteiger partial charge in [0, 0.05) is 36.9 Å². The van der Waals surface area contributed by atoms with Crippen LogP contribution in [0.4, 0.5) is 0 Å². The monoisotopic (exact) mass is 235 g/mol. The molecule has 4 heteroatoms. The molecule has 0 radical (unpaired) electrons. The second-order valence-electron chi connectivity index (χ2n) is 4.78. The molecule has 2 unspecified atom stereocenters. The Morgan fingerprint density at radius 2 is 2.41 bits per heavy atom. The maximum absolute atomic E-state index is 5.97. The molecule has 0 bridgehead atoms. The highest BCUT2D eigenvalue weighted by Gasteiger charge is 2.23. The molecular weight excluding hydrogens is 214 g/mol. The molecule has 2 rings (SSSR count). The Morgan fingerprint density at radius 3 is 3.12 bits per heavy atom. The van der Waals surface area contributed by atoms with Crippen molar-refractivity contribution >= 4 is 0 Å². The summed E-state index contributed by atoms with van der Waals surface area (Å²) in [6.07, 6.45) is 3.91. The number of piperidine rings is 1. The van der Waals surface area contributed by atoms with Crippen LogP contribution in [0, 0.1) is 0 Å². The second-order valence-corrected chi connectivity index (χ2v) is 4.78. The number of likely N-dealkylation sites (tertiary alicyclic amines) is 1. The van der Waals surface area contributed by atoms with Gasteiger partial charge in [0.25, 0.3) is 0 Å². The lowest BCUT2D eigenvalue weighted by molar-refractivity contribution is 0.138. The summed E-state index contributed by atoms with van der Waals surface area (Å²) in [6.45, 7) is 4.19. The fraction of sp³-hybridized carbons (Fsp3) is 0.615. The molecular formula is C13H21N3O. The van der Waals surface area contributed by atoms with Crippen LogP contribution >= 0.6 is 0 Å². The molecule has 1 aliphatic heterocycles. The Labute approximate surface area is 103 Å². The molecule has 4 nitrogen and oxygen atoms in total. The lowest BCUT2D eigenvalue weighted by Gasteiger charge is -2.36. The van der Waals surface area contributed by atoms with E-state index < -0.39 is 0 Å². The Balaban J connectivity index is 2.05. The van der Waals surface area contributed by atoms with Crippen LogP contribution in [0.15, 0.2) is 18.3 Å². The highest BCUT2D eigenvalue weighted by molar-refractivity contribution is 5.25. The number of nitrogens with two attached hydrogens (primary N) is 1. The maximum Gasteiger partial charge on any atom is 0.217 e. The van der Waals surface area contributed by atoms with Crippen molar-refractivity contribution in [2.45, 2.75) is 38.4 Å². The molecule has 1 aromatic rings. The topological polar surface area (TPSA) is 51.4 Å². The van der Waals surface area contributed by atoms with E-state index in [0.29, 0.717) is 12.1 Å². The smallest absolute Gasteiger partial charge is 0.217 e. The summed E-state index contributed by atoms with van der Waals surface area (Å²) in [5.41, 5.74) is 7.12. The van der Waals surface area contributed by atoms with Crippen molar-refractivity contribution in [1.82, 2.24) is 9.88 Å². The molecule has 94 valence electrons. The van der Waals surface area contributed by atoms with Gasteiger partial charge in [-0.2, -0.15) is 0 Å². The van der Waals surface area contributed by atoms with Crippen molar-refractivity contribution in [2.75, 3.05) is 13.7 Å². The zero-order valence-electron chi connectivity index (χ0n) is 10.6. The highest BCUT2D eigenvalue weighted by Crippen LogP contribution is 2.22. The molecule has 0 aromatic carbocycles. The third-order valence-corrected chi connectivity index (χ3v) is 3.47. The molecule has 17 heavy (non-hydrogen) atoms. The number of hydrogen-bond acceptors (Lipinski definition) is 4. The van der Waals surface area contributed by atoms with Crippen LogP contribution < -0.4 is 10.5 Å². The van der Waals surface area contributed by atoms with Gasteiger partial charge in [-0.05, 0) is 25.8 Å². The number of rotatable bonds is 3. The van der Waals surface area contributed by atoms with Gasteiger partial charge in [0.15, 0.2) is 0 Å². The summed E-state index contributed by atoms with van der Waals surface area (Å²) in [5.74, 6) is 0.731. The third-order valence-electron chi connectivity index (χ3n) is 3.47. The Morgan fingerprint density at radius 1 is 1.59 bits per heavy atom. The van der Waals surface area contributed by atoms with E-state index in [1.807, 2.05) is 6.07 Å². The number of methoxy groups -OCH3 is 1. The van der Waals surface area contributed by atoms with Gasteiger partial charge in [0.1, 0.15) is 0 Å². The van der Waals surface area contributed by atoms with E-state index in [9.17, 15) is 0 Å². The second kappa shape index (κ2) is 5.47. The van der Waals surface area contributed by atoms with Crippen molar-refractivity contribution < 1.29 is 4.74 Å². The predicted octanol–water partition coefficient (Wildman–Crippen LogP) is 1.40. The van der Waals surface area contributed by atoms with Crippen molar-refractivity contribution in [3.8, 4) is 5.88 Å². The Kier molecular flexibility index (Phi) is 3.97. The average Bonchev–Trinajstić information content (AvgIpc) is 2.33. The lowest BCUT2D eigenvalue weighted by Crippen LogP contribution is -2.45. The molecule has 1 fully saturated rings. The summed E-state index contributed by atoms with van der Waals surface area (Å²) in [5, 5.41) is 0. The SMILES string of the molecule is COc1ncccc1CN1CCC(N)CC1C. The summed E-state index contributed by atoms with van der Waals surface area (Å²) in [7, 11) is 1.67. The number of aromatic nitrogens is 1. The van der Waals surface area contributed by atoms with Gasteiger partial charge in [0.05, 0.1) is 7.11 Å². The molecule has 1 aromatic heterocycles. The minimum Gasteiger partial charge on any atom is -0.481 e. The van der Waals surface area contributed by atoms with Gasteiger partial charge < -0.3 is 10.5 Å². The van der Waals surface area contributed by atoms with Gasteiger partial charge in [-0.25, -0.2) is 4.98 Å².